The molecule has 18 nitrogen and oxygen atoms in total. The molecule has 6 N–H and O–H groups in total. The van der Waals surface area contributed by atoms with Gasteiger partial charge in [-0.2, -0.15) is 0 Å². The van der Waals surface area contributed by atoms with E-state index in [1.807, 2.05) is 26.0 Å². The van der Waals surface area contributed by atoms with Crippen LogP contribution in [0.3, 0.4) is 0 Å². The van der Waals surface area contributed by atoms with Crippen molar-refractivity contribution in [1.82, 2.24) is 36.1 Å². The smallest absolute Gasteiger partial charge is 0.328 e. The molecule has 0 radical (unpaired) electrons. The third-order valence-electron chi connectivity index (χ3n) is 12.3. The number of aromatic nitrogens is 2. The van der Waals surface area contributed by atoms with Gasteiger partial charge in [0.25, 0.3) is 11.8 Å². The summed E-state index contributed by atoms with van der Waals surface area (Å²) in [6.45, 7) is 19.7. The maximum Gasteiger partial charge on any atom is 0.328 e. The molecule has 2 aromatic rings. The summed E-state index contributed by atoms with van der Waals surface area (Å²) in [5.74, 6) is -3.67. The van der Waals surface area contributed by atoms with Crippen LogP contribution in [0, 0.1) is 13.8 Å². The summed E-state index contributed by atoms with van der Waals surface area (Å²) >= 11 is 0. The number of amides is 6. The number of methoxy groups -OCH3 is 2. The molecule has 1 fully saturated rings. The first-order valence-electron chi connectivity index (χ1n) is 22.1. The lowest BCUT2D eigenvalue weighted by atomic mass is 10.0. The van der Waals surface area contributed by atoms with E-state index in [1.54, 1.807) is 39.0 Å². The highest BCUT2D eigenvalue weighted by Crippen LogP contribution is 2.28. The number of esters is 2. The molecule has 67 heavy (non-hydrogen) atoms. The summed E-state index contributed by atoms with van der Waals surface area (Å²) in [4.78, 5) is 115. The van der Waals surface area contributed by atoms with Crippen molar-refractivity contribution in [1.29, 1.82) is 0 Å². The largest absolute Gasteiger partial charge is 0.469 e. The maximum atomic E-state index is 13.7. The van der Waals surface area contributed by atoms with E-state index in [0.717, 1.165) is 22.3 Å². The van der Waals surface area contributed by atoms with Crippen LogP contribution >= 0.6 is 0 Å². The van der Waals surface area contributed by atoms with Gasteiger partial charge in [-0.3, -0.25) is 33.6 Å². The molecule has 0 saturated carbocycles. The summed E-state index contributed by atoms with van der Waals surface area (Å²) in [6, 6.07) is -3.80. The number of rotatable bonds is 18. The number of carbonyl (C=O) groups is 8. The average molecular weight is 921 g/mol. The Bertz CT molecular complexity index is 2690. The van der Waals surface area contributed by atoms with Crippen molar-refractivity contribution in [2.45, 2.75) is 111 Å². The summed E-state index contributed by atoms with van der Waals surface area (Å²) in [5, 5.41) is 12.0. The van der Waals surface area contributed by atoms with Crippen LogP contribution in [0.2, 0.25) is 0 Å². The van der Waals surface area contributed by atoms with Crippen LogP contribution in [0.1, 0.15) is 93.9 Å². The van der Waals surface area contributed by atoms with Crippen molar-refractivity contribution in [3.63, 3.8) is 0 Å². The molecule has 0 spiro atoms. The van der Waals surface area contributed by atoms with Crippen molar-refractivity contribution in [3.05, 3.63) is 97.6 Å². The number of allylic oxidation sites excluding steroid dienone is 3. The highest BCUT2D eigenvalue weighted by Gasteiger charge is 2.37. The van der Waals surface area contributed by atoms with Crippen molar-refractivity contribution < 1.29 is 47.8 Å². The monoisotopic (exact) mass is 920 g/mol. The predicted octanol–water partition coefficient (Wildman–Crippen LogP) is 1.74. The van der Waals surface area contributed by atoms with Gasteiger partial charge in [0.05, 0.1) is 25.6 Å². The second kappa shape index (κ2) is 21.7. The number of carbonyl (C=O) groups excluding carboxylic acids is 8. The Morgan fingerprint density at radius 3 is 2.12 bits per heavy atom. The fraction of sp³-hybridized carbons (Fsp3) is 0.408. The normalized spacial score (nSPS) is 18.5. The van der Waals surface area contributed by atoms with Crippen LogP contribution in [0.25, 0.3) is 18.2 Å². The Morgan fingerprint density at radius 2 is 1.46 bits per heavy atom. The third kappa shape index (κ3) is 11.4. The van der Waals surface area contributed by atoms with Gasteiger partial charge >= 0.3 is 11.9 Å². The van der Waals surface area contributed by atoms with E-state index in [9.17, 15) is 38.4 Å². The topological polar surface area (TPSA) is 250 Å². The zero-order valence-electron chi connectivity index (χ0n) is 39.5. The number of nitrogens with one attached hydrogen (secondary N) is 6. The lowest BCUT2D eigenvalue weighted by Crippen LogP contribution is -2.56. The van der Waals surface area contributed by atoms with E-state index < -0.39 is 59.7 Å². The molecular weight excluding hydrogens is 861 g/mol. The first kappa shape index (κ1) is 50.6. The average Bonchev–Trinajstić information content (AvgIpc) is 4.09. The van der Waals surface area contributed by atoms with Gasteiger partial charge in [-0.25, -0.2) is 9.79 Å². The molecule has 18 heteroatoms. The van der Waals surface area contributed by atoms with Crippen molar-refractivity contribution in [3.8, 4) is 0 Å². The second-order valence-corrected chi connectivity index (χ2v) is 16.7. The zero-order valence-corrected chi connectivity index (χ0v) is 39.5. The van der Waals surface area contributed by atoms with E-state index in [-0.39, 0.29) is 37.6 Å². The van der Waals surface area contributed by atoms with Crippen LogP contribution in [-0.4, -0.2) is 113 Å². The number of aliphatic imine (C=N–C) groups is 1. The lowest BCUT2D eigenvalue weighted by Gasteiger charge is -2.28. The summed E-state index contributed by atoms with van der Waals surface area (Å²) in [6.07, 6.45) is 10.1. The summed E-state index contributed by atoms with van der Waals surface area (Å²) < 4.78 is 9.60. The Balaban J connectivity index is 1.44. The molecule has 0 bridgehead atoms. The first-order chi connectivity index (χ1) is 31.7. The van der Waals surface area contributed by atoms with E-state index in [2.05, 4.69) is 54.1 Å². The molecule has 5 rings (SSSR count). The number of hydrogen-bond acceptors (Lipinski definition) is 10. The molecule has 1 saturated heterocycles. The number of hydrogen-bond donors (Lipinski definition) is 6. The molecular formula is C49H60N8O10. The number of ether oxygens (including phenoxy) is 2. The zero-order chi connectivity index (χ0) is 49.4. The van der Waals surface area contributed by atoms with Gasteiger partial charge in [0.2, 0.25) is 23.6 Å². The van der Waals surface area contributed by atoms with Crippen LogP contribution in [-0.2, 0) is 60.7 Å². The Labute approximate surface area is 388 Å². The standard InChI is InChI=1S/C49H60N8O10/c1-12-31-26(5)44(60)55-37(31)21-35-24(3)33(39(53-35)23-40-34(17-19-43(59)66-10)25(4)36(54-40)22-38-32(13-2)27(6)45(61)56-38)16-18-42(58)50-29(8)48(64)57-20-14-15-41(57)47(63)51-28(7)46(62)52-30(9)49(65)67-11/h12-13,21-23,28-30,41,53-54H,1-2,14-20H2,3-11H3,(H,50,58)(H,51,63)(H,52,62)(H,56,61)/b35-21-,38-22-,39-23-/t28-,29-,30-,41-/m0/s1. The van der Waals surface area contributed by atoms with Crippen LogP contribution in [0.5, 0.6) is 0 Å². The minimum atomic E-state index is -1.01. The van der Waals surface area contributed by atoms with Crippen molar-refractivity contribution in [2.24, 2.45) is 4.99 Å². The van der Waals surface area contributed by atoms with E-state index in [4.69, 9.17) is 4.74 Å². The molecule has 6 amide bonds. The Morgan fingerprint density at radius 1 is 0.776 bits per heavy atom. The molecule has 0 aliphatic carbocycles. The third-order valence-corrected chi connectivity index (χ3v) is 12.3. The number of likely N-dealkylation sites (tertiary alicyclic amines) is 1. The Kier molecular flexibility index (Phi) is 16.4. The van der Waals surface area contributed by atoms with Crippen molar-refractivity contribution in [2.75, 3.05) is 20.8 Å². The molecule has 4 atom stereocenters. The number of nitrogens with zero attached hydrogens (tertiary/aromatic N) is 2. The SMILES string of the molecule is C=CC1=C(C)C(=O)N=C1/C=c1\[nH]/c(=C\c2[nH]c(/C=C3\NC(=O)C(C)=C3C=C)c(C)c2CCC(=O)OC)c(CCC(=O)N[C@@H](C)C(=O)N2CCC[C@H]2C(=O)N[C@@H](C)C(=O)N[C@@H](C)C(=O)OC)c1C. The minimum absolute atomic E-state index is 0.0422. The maximum absolute atomic E-state index is 13.7. The highest BCUT2D eigenvalue weighted by atomic mass is 16.5. The van der Waals surface area contributed by atoms with E-state index in [1.165, 1.54) is 33.0 Å². The van der Waals surface area contributed by atoms with Crippen LogP contribution < -0.4 is 32.0 Å². The molecule has 3 aliphatic rings. The van der Waals surface area contributed by atoms with Gasteiger partial charge in [-0.15, -0.1) is 0 Å². The quantitative estimate of drug-likeness (QED) is 0.118. The van der Waals surface area contributed by atoms with Gasteiger partial charge in [0, 0.05) is 63.8 Å². The molecule has 0 aromatic carbocycles. The molecule has 356 valence electrons. The van der Waals surface area contributed by atoms with Crippen LogP contribution in [0.4, 0.5) is 0 Å². The summed E-state index contributed by atoms with van der Waals surface area (Å²) in [7, 11) is 2.52. The van der Waals surface area contributed by atoms with Crippen molar-refractivity contribution >= 4 is 71.3 Å². The predicted molar refractivity (Wildman–Crippen MR) is 251 cm³/mol. The number of H-pyrrole nitrogens is 2. The van der Waals surface area contributed by atoms with E-state index >= 15 is 0 Å². The first-order valence-corrected chi connectivity index (χ1v) is 22.1. The molecule has 2 aromatic heterocycles. The second-order valence-electron chi connectivity index (χ2n) is 16.7. The van der Waals surface area contributed by atoms with Gasteiger partial charge in [0.1, 0.15) is 24.2 Å². The number of aromatic amines is 2. The molecule has 3 aliphatic heterocycles. The Hall–Kier alpha value is -7.37. The minimum Gasteiger partial charge on any atom is -0.469 e. The van der Waals surface area contributed by atoms with Gasteiger partial charge in [-0.1, -0.05) is 25.3 Å². The van der Waals surface area contributed by atoms with E-state index in [0.29, 0.717) is 75.0 Å². The summed E-state index contributed by atoms with van der Waals surface area (Å²) in [5.41, 5.74) is 7.76. The molecule has 0 unspecified atom stereocenters. The lowest BCUT2D eigenvalue weighted by molar-refractivity contribution is -0.145. The molecule has 5 heterocycles. The fourth-order valence-electron chi connectivity index (χ4n) is 8.32. The highest BCUT2D eigenvalue weighted by molar-refractivity contribution is 6.32. The van der Waals surface area contributed by atoms with Gasteiger partial charge in [0.15, 0.2) is 0 Å². The van der Waals surface area contributed by atoms with Crippen LogP contribution in [0.15, 0.2) is 58.3 Å². The fourth-order valence-corrected chi connectivity index (χ4v) is 8.32. The van der Waals surface area contributed by atoms with Gasteiger partial charge in [-0.05, 0) is 115 Å². The van der Waals surface area contributed by atoms with Gasteiger partial charge < -0.3 is 45.6 Å².